The smallest absolute Gasteiger partial charge is 0.271 e. The second-order valence-corrected chi connectivity index (χ2v) is 8.85. The molecule has 0 saturated carbocycles. The first kappa shape index (κ1) is 23.7. The zero-order valence-electron chi connectivity index (χ0n) is 19.0. The summed E-state index contributed by atoms with van der Waals surface area (Å²) in [5, 5.41) is 11.2. The third kappa shape index (κ3) is 6.55. The van der Waals surface area contributed by atoms with Crippen molar-refractivity contribution in [2.75, 3.05) is 25.6 Å². The van der Waals surface area contributed by atoms with Gasteiger partial charge in [-0.1, -0.05) is 30.3 Å². The van der Waals surface area contributed by atoms with Crippen LogP contribution in [0.2, 0.25) is 0 Å². The van der Waals surface area contributed by atoms with Crippen molar-refractivity contribution in [1.82, 2.24) is 15.6 Å². The van der Waals surface area contributed by atoms with Crippen molar-refractivity contribution >= 4 is 34.0 Å². The zero-order valence-corrected chi connectivity index (χ0v) is 19.8. The molecule has 0 radical (unpaired) electrons. The molecular weight excluding hydrogens is 452 g/mol. The fourth-order valence-corrected chi connectivity index (χ4v) is 4.38. The van der Waals surface area contributed by atoms with Gasteiger partial charge in [-0.25, -0.2) is 4.98 Å². The largest absolute Gasteiger partial charge is 0.497 e. The standard InChI is InChI=1S/C25H28N4O4S/c1-32-19-11-9-18(10-12-19)27-25-29-22(16-34-25)24(31)28-21(14-17-6-3-2-4-7-17)23(30)26-15-20-8-5-13-33-20/h2-4,6-7,9-12,16,20-21H,5,8,13-15H2,1H3,(H,26,30)(H,27,29)(H,28,31)/t20-,21+/m1/s1. The third-order valence-corrected chi connectivity index (χ3v) is 6.27. The molecule has 2 amide bonds. The Labute approximate surface area is 202 Å². The van der Waals surface area contributed by atoms with Gasteiger partial charge in [0.05, 0.1) is 13.2 Å². The van der Waals surface area contributed by atoms with Crippen molar-refractivity contribution in [2.45, 2.75) is 31.4 Å². The van der Waals surface area contributed by atoms with E-state index in [0.717, 1.165) is 36.4 Å². The number of ether oxygens (including phenoxy) is 2. The Morgan fingerprint density at radius 2 is 1.97 bits per heavy atom. The molecule has 0 unspecified atom stereocenters. The molecule has 34 heavy (non-hydrogen) atoms. The molecule has 3 N–H and O–H groups in total. The van der Waals surface area contributed by atoms with E-state index in [0.29, 0.717) is 18.1 Å². The summed E-state index contributed by atoms with van der Waals surface area (Å²) < 4.78 is 10.8. The molecule has 1 aliphatic heterocycles. The predicted octanol–water partition coefficient (Wildman–Crippen LogP) is 3.53. The summed E-state index contributed by atoms with van der Waals surface area (Å²) in [6.07, 6.45) is 2.34. The van der Waals surface area contributed by atoms with Crippen LogP contribution in [-0.4, -0.2) is 49.2 Å². The molecule has 4 rings (SSSR count). The Balaban J connectivity index is 1.40. The average molecular weight is 481 g/mol. The van der Waals surface area contributed by atoms with Crippen molar-refractivity contribution in [3.8, 4) is 5.75 Å². The molecular formula is C25H28N4O4S. The summed E-state index contributed by atoms with van der Waals surface area (Å²) in [5.74, 6) is 0.124. The predicted molar refractivity (Wildman–Crippen MR) is 132 cm³/mol. The second kappa shape index (κ2) is 11.6. The highest BCUT2D eigenvalue weighted by atomic mass is 32.1. The van der Waals surface area contributed by atoms with Gasteiger partial charge in [0.2, 0.25) is 5.91 Å². The summed E-state index contributed by atoms with van der Waals surface area (Å²) in [6.45, 7) is 1.16. The van der Waals surface area contributed by atoms with Gasteiger partial charge in [0.1, 0.15) is 17.5 Å². The van der Waals surface area contributed by atoms with E-state index in [-0.39, 0.29) is 17.7 Å². The number of hydrogen-bond acceptors (Lipinski definition) is 7. The highest BCUT2D eigenvalue weighted by Crippen LogP contribution is 2.23. The van der Waals surface area contributed by atoms with Gasteiger partial charge in [0.15, 0.2) is 5.13 Å². The Bertz CT molecular complexity index is 1080. The molecule has 2 atom stereocenters. The lowest BCUT2D eigenvalue weighted by atomic mass is 10.0. The molecule has 2 heterocycles. The molecule has 1 aliphatic rings. The van der Waals surface area contributed by atoms with E-state index in [1.54, 1.807) is 12.5 Å². The zero-order chi connectivity index (χ0) is 23.8. The number of benzene rings is 2. The summed E-state index contributed by atoms with van der Waals surface area (Å²) in [7, 11) is 1.61. The van der Waals surface area contributed by atoms with Crippen molar-refractivity contribution in [2.24, 2.45) is 0 Å². The normalized spacial score (nSPS) is 16.0. The van der Waals surface area contributed by atoms with Gasteiger partial charge in [-0.2, -0.15) is 0 Å². The Hall–Kier alpha value is -3.43. The van der Waals surface area contributed by atoms with Crippen LogP contribution in [0.5, 0.6) is 5.75 Å². The van der Waals surface area contributed by atoms with Crippen LogP contribution in [0.15, 0.2) is 60.0 Å². The van der Waals surface area contributed by atoms with Crippen LogP contribution >= 0.6 is 11.3 Å². The van der Waals surface area contributed by atoms with Crippen molar-refractivity contribution in [1.29, 1.82) is 0 Å². The molecule has 1 saturated heterocycles. The highest BCUT2D eigenvalue weighted by Gasteiger charge is 2.25. The van der Waals surface area contributed by atoms with Gasteiger partial charge in [-0.3, -0.25) is 9.59 Å². The highest BCUT2D eigenvalue weighted by molar-refractivity contribution is 7.14. The number of methoxy groups -OCH3 is 1. The Kier molecular flexibility index (Phi) is 8.11. The minimum atomic E-state index is -0.726. The van der Waals surface area contributed by atoms with Crippen molar-refractivity contribution in [3.63, 3.8) is 0 Å². The summed E-state index contributed by atoms with van der Waals surface area (Å²) in [6, 6.07) is 16.3. The molecule has 9 heteroatoms. The fraction of sp³-hybridized carbons (Fsp3) is 0.320. The van der Waals surface area contributed by atoms with E-state index in [1.165, 1.54) is 11.3 Å². The quantitative estimate of drug-likeness (QED) is 0.410. The molecule has 3 aromatic rings. The monoisotopic (exact) mass is 480 g/mol. The number of thiazole rings is 1. The Morgan fingerprint density at radius 1 is 1.18 bits per heavy atom. The topological polar surface area (TPSA) is 102 Å². The lowest BCUT2D eigenvalue weighted by molar-refractivity contribution is -0.123. The molecule has 0 spiro atoms. The number of nitrogens with one attached hydrogen (secondary N) is 3. The fourth-order valence-electron chi connectivity index (χ4n) is 3.67. The van der Waals surface area contributed by atoms with Crippen LogP contribution in [0.4, 0.5) is 10.8 Å². The number of carbonyl (C=O) groups excluding carboxylic acids is 2. The number of nitrogens with zero attached hydrogens (tertiary/aromatic N) is 1. The second-order valence-electron chi connectivity index (χ2n) is 7.99. The maximum absolute atomic E-state index is 12.9. The van der Waals surface area contributed by atoms with Gasteiger partial charge in [-0.15, -0.1) is 11.3 Å². The number of aromatic nitrogens is 1. The van der Waals surface area contributed by atoms with Crippen LogP contribution < -0.4 is 20.7 Å². The van der Waals surface area contributed by atoms with Gasteiger partial charge >= 0.3 is 0 Å². The van der Waals surface area contributed by atoms with E-state index in [1.807, 2.05) is 54.6 Å². The third-order valence-electron chi connectivity index (χ3n) is 5.51. The number of hydrogen-bond donors (Lipinski definition) is 3. The van der Waals surface area contributed by atoms with Gasteiger partial charge in [0, 0.05) is 30.6 Å². The van der Waals surface area contributed by atoms with Gasteiger partial charge in [0.25, 0.3) is 5.91 Å². The number of anilines is 2. The average Bonchev–Trinajstić information content (AvgIpc) is 3.56. The van der Waals surface area contributed by atoms with Crippen LogP contribution in [-0.2, 0) is 16.0 Å². The minimum Gasteiger partial charge on any atom is -0.497 e. The lowest BCUT2D eigenvalue weighted by Crippen LogP contribution is -2.49. The van der Waals surface area contributed by atoms with Crippen LogP contribution in [0, 0.1) is 0 Å². The molecule has 0 aliphatic carbocycles. The van der Waals surface area contributed by atoms with E-state index < -0.39 is 11.9 Å². The van der Waals surface area contributed by atoms with E-state index in [4.69, 9.17) is 9.47 Å². The molecule has 178 valence electrons. The van der Waals surface area contributed by atoms with Gasteiger partial charge < -0.3 is 25.4 Å². The maximum Gasteiger partial charge on any atom is 0.271 e. The molecule has 8 nitrogen and oxygen atoms in total. The SMILES string of the molecule is COc1ccc(Nc2nc(C(=O)N[C@@H](Cc3ccccc3)C(=O)NC[C@H]3CCCO3)cs2)cc1. The lowest BCUT2D eigenvalue weighted by Gasteiger charge is -2.19. The van der Waals surface area contributed by atoms with E-state index in [2.05, 4.69) is 20.9 Å². The van der Waals surface area contributed by atoms with E-state index >= 15 is 0 Å². The maximum atomic E-state index is 12.9. The first-order valence-corrected chi connectivity index (χ1v) is 12.1. The summed E-state index contributed by atoms with van der Waals surface area (Å²) >= 11 is 1.32. The Morgan fingerprint density at radius 3 is 2.68 bits per heavy atom. The molecule has 2 aromatic carbocycles. The molecule has 1 aromatic heterocycles. The van der Waals surface area contributed by atoms with Crippen molar-refractivity contribution in [3.05, 3.63) is 71.2 Å². The van der Waals surface area contributed by atoms with E-state index in [9.17, 15) is 9.59 Å². The first-order valence-electron chi connectivity index (χ1n) is 11.2. The first-order chi connectivity index (χ1) is 16.6. The summed E-state index contributed by atoms with van der Waals surface area (Å²) in [4.78, 5) is 30.3. The van der Waals surface area contributed by atoms with Gasteiger partial charge in [-0.05, 0) is 42.7 Å². The number of amides is 2. The van der Waals surface area contributed by atoms with Crippen LogP contribution in [0.25, 0.3) is 0 Å². The molecule has 1 fully saturated rings. The number of carbonyl (C=O) groups is 2. The summed E-state index contributed by atoms with van der Waals surface area (Å²) in [5.41, 5.74) is 2.05. The van der Waals surface area contributed by atoms with Crippen LogP contribution in [0.1, 0.15) is 28.9 Å². The van der Waals surface area contributed by atoms with Crippen molar-refractivity contribution < 1.29 is 19.1 Å². The minimum absolute atomic E-state index is 0.0298. The number of rotatable bonds is 10. The molecule has 0 bridgehead atoms. The van der Waals surface area contributed by atoms with Crippen LogP contribution in [0.3, 0.4) is 0 Å².